The van der Waals surface area contributed by atoms with E-state index in [0.29, 0.717) is 22.5 Å². The molecule has 24 heavy (non-hydrogen) atoms. The van der Waals surface area contributed by atoms with Gasteiger partial charge in [-0.2, -0.15) is 0 Å². The van der Waals surface area contributed by atoms with E-state index in [4.69, 9.17) is 5.73 Å². The Bertz CT molecular complexity index is 757. The van der Waals surface area contributed by atoms with E-state index in [-0.39, 0.29) is 12.5 Å². The molecule has 7 nitrogen and oxygen atoms in total. The second kappa shape index (κ2) is 7.77. The molecule has 0 spiro atoms. The zero-order valence-corrected chi connectivity index (χ0v) is 13.0. The molecule has 2 rings (SSSR count). The van der Waals surface area contributed by atoms with E-state index >= 15 is 0 Å². The molecular formula is C17H17N3O4. The van der Waals surface area contributed by atoms with E-state index in [2.05, 4.69) is 15.4 Å². The molecule has 4 N–H and O–H groups in total. The minimum absolute atomic E-state index is 0.0386. The van der Waals surface area contributed by atoms with Crippen molar-refractivity contribution in [1.82, 2.24) is 0 Å². The van der Waals surface area contributed by atoms with Gasteiger partial charge in [0.1, 0.15) is 0 Å². The normalized spacial score (nSPS) is 9.88. The number of ether oxygens (including phenoxy) is 1. The highest BCUT2D eigenvalue weighted by molar-refractivity contribution is 6.00. The molecule has 0 heterocycles. The van der Waals surface area contributed by atoms with Gasteiger partial charge < -0.3 is 21.1 Å². The van der Waals surface area contributed by atoms with Crippen LogP contribution < -0.4 is 16.4 Å². The van der Waals surface area contributed by atoms with Crippen LogP contribution in [-0.4, -0.2) is 31.4 Å². The second-order valence-corrected chi connectivity index (χ2v) is 4.88. The largest absolute Gasteiger partial charge is 0.465 e. The maximum absolute atomic E-state index is 12.0. The number of benzene rings is 2. The molecule has 0 bridgehead atoms. The molecule has 0 saturated carbocycles. The molecule has 0 aromatic heterocycles. The van der Waals surface area contributed by atoms with Crippen LogP contribution >= 0.6 is 0 Å². The van der Waals surface area contributed by atoms with E-state index in [1.807, 2.05) is 0 Å². The Labute approximate surface area is 138 Å². The minimum Gasteiger partial charge on any atom is -0.465 e. The summed E-state index contributed by atoms with van der Waals surface area (Å²) in [5.41, 5.74) is 7.01. The Hall–Kier alpha value is -3.35. The van der Waals surface area contributed by atoms with E-state index in [1.54, 1.807) is 48.5 Å². The summed E-state index contributed by atoms with van der Waals surface area (Å²) in [5.74, 6) is -1.32. The lowest BCUT2D eigenvalue weighted by molar-refractivity contribution is -0.114. The third-order valence-corrected chi connectivity index (χ3v) is 3.22. The third kappa shape index (κ3) is 4.33. The zero-order chi connectivity index (χ0) is 17.5. The van der Waals surface area contributed by atoms with E-state index in [0.717, 1.165) is 0 Å². The Morgan fingerprint density at radius 1 is 1.04 bits per heavy atom. The van der Waals surface area contributed by atoms with Crippen LogP contribution in [0, 0.1) is 0 Å². The van der Waals surface area contributed by atoms with Gasteiger partial charge in [-0.3, -0.25) is 9.59 Å². The molecule has 0 aliphatic heterocycles. The first-order chi connectivity index (χ1) is 11.5. The van der Waals surface area contributed by atoms with E-state index in [9.17, 15) is 14.4 Å². The van der Waals surface area contributed by atoms with Crippen molar-refractivity contribution >= 4 is 29.2 Å². The molecular weight excluding hydrogens is 310 g/mol. The van der Waals surface area contributed by atoms with Gasteiger partial charge in [-0.05, 0) is 36.4 Å². The van der Waals surface area contributed by atoms with E-state index < -0.39 is 11.9 Å². The van der Waals surface area contributed by atoms with Crippen molar-refractivity contribution in [3.8, 4) is 0 Å². The van der Waals surface area contributed by atoms with Crippen LogP contribution in [0.3, 0.4) is 0 Å². The summed E-state index contributed by atoms with van der Waals surface area (Å²) in [6.07, 6.45) is 0. The lowest BCUT2D eigenvalue weighted by Gasteiger charge is -2.10. The molecule has 2 aromatic rings. The number of primary amides is 1. The van der Waals surface area contributed by atoms with Crippen LogP contribution in [0.2, 0.25) is 0 Å². The van der Waals surface area contributed by atoms with Gasteiger partial charge in [-0.25, -0.2) is 4.79 Å². The van der Waals surface area contributed by atoms with Crippen LogP contribution in [0.15, 0.2) is 48.5 Å². The molecule has 124 valence electrons. The van der Waals surface area contributed by atoms with Crippen molar-refractivity contribution in [2.45, 2.75) is 0 Å². The van der Waals surface area contributed by atoms with Gasteiger partial charge in [0.15, 0.2) is 0 Å². The Balaban J connectivity index is 1.94. The highest BCUT2D eigenvalue weighted by Crippen LogP contribution is 2.14. The summed E-state index contributed by atoms with van der Waals surface area (Å²) >= 11 is 0. The number of nitrogens with two attached hydrogens (primary N) is 1. The van der Waals surface area contributed by atoms with Gasteiger partial charge in [0.05, 0.1) is 24.8 Å². The molecule has 0 aliphatic carbocycles. The molecule has 2 aromatic carbocycles. The number of para-hydroxylation sites is 1. The van der Waals surface area contributed by atoms with Crippen LogP contribution in [0.25, 0.3) is 0 Å². The zero-order valence-electron chi connectivity index (χ0n) is 13.0. The van der Waals surface area contributed by atoms with Crippen molar-refractivity contribution in [3.63, 3.8) is 0 Å². The van der Waals surface area contributed by atoms with Gasteiger partial charge in [-0.1, -0.05) is 12.1 Å². The van der Waals surface area contributed by atoms with Crippen molar-refractivity contribution in [3.05, 3.63) is 59.7 Å². The van der Waals surface area contributed by atoms with Gasteiger partial charge in [-0.15, -0.1) is 0 Å². The average molecular weight is 327 g/mol. The van der Waals surface area contributed by atoms with Crippen LogP contribution in [0.1, 0.15) is 20.7 Å². The first-order valence-corrected chi connectivity index (χ1v) is 7.12. The SMILES string of the molecule is COC(=O)c1ccc(NC(=O)CNc2ccccc2C(N)=O)cc1. The van der Waals surface area contributed by atoms with Crippen molar-refractivity contribution in [1.29, 1.82) is 0 Å². The number of rotatable bonds is 6. The first-order valence-electron chi connectivity index (χ1n) is 7.12. The maximum Gasteiger partial charge on any atom is 0.337 e. The lowest BCUT2D eigenvalue weighted by atomic mass is 10.1. The number of methoxy groups -OCH3 is 1. The Kier molecular flexibility index (Phi) is 5.51. The molecule has 0 radical (unpaired) electrons. The summed E-state index contributed by atoms with van der Waals surface area (Å²) in [6.45, 7) is -0.0386. The molecule has 0 atom stereocenters. The summed E-state index contributed by atoms with van der Waals surface area (Å²) in [6, 6.07) is 13.0. The predicted molar refractivity (Wildman–Crippen MR) is 89.9 cm³/mol. The number of esters is 1. The summed E-state index contributed by atoms with van der Waals surface area (Å²) in [4.78, 5) is 34.6. The van der Waals surface area contributed by atoms with Gasteiger partial charge >= 0.3 is 5.97 Å². The third-order valence-electron chi connectivity index (χ3n) is 3.22. The van der Waals surface area contributed by atoms with Crippen molar-refractivity contribution in [2.75, 3.05) is 24.3 Å². The standard InChI is InChI=1S/C17H17N3O4/c1-24-17(23)11-6-8-12(9-7-11)20-15(21)10-19-14-5-3-2-4-13(14)16(18)22/h2-9,19H,10H2,1H3,(H2,18,22)(H,20,21). The number of carbonyl (C=O) groups is 3. The van der Waals surface area contributed by atoms with Crippen molar-refractivity contribution in [2.24, 2.45) is 5.73 Å². The highest BCUT2D eigenvalue weighted by atomic mass is 16.5. The topological polar surface area (TPSA) is 111 Å². The van der Waals surface area contributed by atoms with Gasteiger partial charge in [0.2, 0.25) is 5.91 Å². The predicted octanol–water partition coefficient (Wildman–Crippen LogP) is 1.62. The number of nitrogens with one attached hydrogen (secondary N) is 2. The lowest BCUT2D eigenvalue weighted by Crippen LogP contribution is -2.23. The highest BCUT2D eigenvalue weighted by Gasteiger charge is 2.09. The fraction of sp³-hybridized carbons (Fsp3) is 0.118. The summed E-state index contributed by atoms with van der Waals surface area (Å²) in [7, 11) is 1.30. The van der Waals surface area contributed by atoms with Crippen LogP contribution in [-0.2, 0) is 9.53 Å². The molecule has 0 aliphatic rings. The van der Waals surface area contributed by atoms with Crippen molar-refractivity contribution < 1.29 is 19.1 Å². The average Bonchev–Trinajstić information content (AvgIpc) is 2.60. The molecule has 7 heteroatoms. The monoisotopic (exact) mass is 327 g/mol. The fourth-order valence-corrected chi connectivity index (χ4v) is 2.04. The summed E-state index contributed by atoms with van der Waals surface area (Å²) < 4.78 is 4.60. The molecule has 0 unspecified atom stereocenters. The fourth-order valence-electron chi connectivity index (χ4n) is 2.04. The summed E-state index contributed by atoms with van der Waals surface area (Å²) in [5, 5.41) is 5.54. The Morgan fingerprint density at radius 2 is 1.71 bits per heavy atom. The minimum atomic E-state index is -0.572. The number of anilines is 2. The maximum atomic E-state index is 12.0. The molecule has 2 amide bonds. The van der Waals surface area contributed by atoms with Gasteiger partial charge in [0.25, 0.3) is 5.91 Å². The molecule has 0 fully saturated rings. The van der Waals surface area contributed by atoms with E-state index in [1.165, 1.54) is 7.11 Å². The molecule has 0 saturated heterocycles. The van der Waals surface area contributed by atoms with Crippen LogP contribution in [0.4, 0.5) is 11.4 Å². The second-order valence-electron chi connectivity index (χ2n) is 4.88. The number of hydrogen-bond donors (Lipinski definition) is 3. The Morgan fingerprint density at radius 3 is 2.33 bits per heavy atom. The smallest absolute Gasteiger partial charge is 0.337 e. The number of amides is 2. The van der Waals surface area contributed by atoms with Gasteiger partial charge in [0, 0.05) is 11.4 Å². The first kappa shape index (κ1) is 17.0. The quantitative estimate of drug-likeness (QED) is 0.698. The number of hydrogen-bond acceptors (Lipinski definition) is 5. The van der Waals surface area contributed by atoms with Crippen LogP contribution in [0.5, 0.6) is 0 Å². The number of carbonyl (C=O) groups excluding carboxylic acids is 3.